The molecule has 0 aromatic heterocycles. The van der Waals surface area contributed by atoms with Gasteiger partial charge in [-0.3, -0.25) is 4.79 Å². The molecule has 0 spiro atoms. The fourth-order valence-electron chi connectivity index (χ4n) is 1.87. The predicted octanol–water partition coefficient (Wildman–Crippen LogP) is 2.59. The molecule has 19 heavy (non-hydrogen) atoms. The highest BCUT2D eigenvalue weighted by atomic mass is 16.2. The monoisotopic (exact) mass is 262 g/mol. The molecule has 1 rings (SSSR count). The maximum absolute atomic E-state index is 12.3. The topological polar surface area (TPSA) is 46.3 Å². The number of carbonyl (C=O) groups excluding carboxylic acids is 1. The number of hydrogen-bond acceptors (Lipinski definition) is 2. The lowest BCUT2D eigenvalue weighted by Crippen LogP contribution is -2.51. The van der Waals surface area contributed by atoms with E-state index in [2.05, 4.69) is 32.9 Å². The van der Waals surface area contributed by atoms with Crippen LogP contribution in [0.3, 0.4) is 0 Å². The summed E-state index contributed by atoms with van der Waals surface area (Å²) in [4.78, 5) is 14.1. The summed E-state index contributed by atoms with van der Waals surface area (Å²) in [6.07, 6.45) is 2.45. The number of benzene rings is 1. The second-order valence-electron chi connectivity index (χ2n) is 5.69. The van der Waals surface area contributed by atoms with Gasteiger partial charge in [0.1, 0.15) is 0 Å². The van der Waals surface area contributed by atoms with Crippen molar-refractivity contribution in [3.05, 3.63) is 35.9 Å². The Kier molecular flexibility index (Phi) is 5.55. The maximum Gasteiger partial charge on any atom is 0.239 e. The lowest BCUT2D eigenvalue weighted by molar-refractivity contribution is -0.136. The molecule has 0 saturated carbocycles. The number of aryl methyl sites for hydroxylation is 1. The van der Waals surface area contributed by atoms with Crippen molar-refractivity contribution in [2.24, 2.45) is 5.73 Å². The van der Waals surface area contributed by atoms with Gasteiger partial charge in [-0.15, -0.1) is 0 Å². The molecule has 0 aliphatic heterocycles. The van der Waals surface area contributed by atoms with Gasteiger partial charge < -0.3 is 10.6 Å². The van der Waals surface area contributed by atoms with Gasteiger partial charge in [0.2, 0.25) is 5.91 Å². The van der Waals surface area contributed by atoms with Crippen LogP contribution in [-0.2, 0) is 11.2 Å². The first-order valence-corrected chi connectivity index (χ1v) is 6.95. The minimum absolute atomic E-state index is 0.0304. The van der Waals surface area contributed by atoms with Gasteiger partial charge in [-0.1, -0.05) is 37.3 Å². The summed E-state index contributed by atoms with van der Waals surface area (Å²) in [5.41, 5.74) is 7.11. The summed E-state index contributed by atoms with van der Waals surface area (Å²) in [5, 5.41) is 0. The SMILES string of the molecule is CCC(C)(C)N(C)C(=O)[C@@H](N)CCc1ccccc1. The van der Waals surface area contributed by atoms with E-state index < -0.39 is 6.04 Å². The van der Waals surface area contributed by atoms with Crippen LogP contribution in [0.2, 0.25) is 0 Å². The molecule has 0 aliphatic carbocycles. The van der Waals surface area contributed by atoms with Crippen molar-refractivity contribution < 1.29 is 4.79 Å². The van der Waals surface area contributed by atoms with Crippen molar-refractivity contribution in [3.8, 4) is 0 Å². The minimum Gasteiger partial charge on any atom is -0.339 e. The standard InChI is InChI=1S/C16H26N2O/c1-5-16(2,3)18(4)15(19)14(17)12-11-13-9-7-6-8-10-13/h6-10,14H,5,11-12,17H2,1-4H3/t14-/m0/s1. The van der Waals surface area contributed by atoms with Crippen molar-refractivity contribution in [1.82, 2.24) is 4.90 Å². The summed E-state index contributed by atoms with van der Waals surface area (Å²) >= 11 is 0. The van der Waals surface area contributed by atoms with Gasteiger partial charge in [0.25, 0.3) is 0 Å². The Morgan fingerprint density at radius 3 is 2.42 bits per heavy atom. The zero-order valence-corrected chi connectivity index (χ0v) is 12.5. The molecule has 1 atom stereocenters. The molecule has 0 radical (unpaired) electrons. The van der Waals surface area contributed by atoms with Crippen LogP contribution in [0.5, 0.6) is 0 Å². The Bertz CT molecular complexity index is 400. The fraction of sp³-hybridized carbons (Fsp3) is 0.562. The highest BCUT2D eigenvalue weighted by Crippen LogP contribution is 2.18. The number of amides is 1. The molecule has 0 saturated heterocycles. The smallest absolute Gasteiger partial charge is 0.239 e. The number of hydrogen-bond donors (Lipinski definition) is 1. The number of nitrogens with zero attached hydrogens (tertiary/aromatic N) is 1. The molecular weight excluding hydrogens is 236 g/mol. The van der Waals surface area contributed by atoms with Crippen LogP contribution < -0.4 is 5.73 Å². The van der Waals surface area contributed by atoms with Gasteiger partial charge in [-0.2, -0.15) is 0 Å². The van der Waals surface area contributed by atoms with Gasteiger partial charge in [0.15, 0.2) is 0 Å². The quantitative estimate of drug-likeness (QED) is 0.856. The first-order valence-electron chi connectivity index (χ1n) is 6.95. The highest BCUT2D eigenvalue weighted by molar-refractivity contribution is 5.82. The Morgan fingerprint density at radius 2 is 1.89 bits per heavy atom. The molecule has 3 heteroatoms. The molecule has 0 fully saturated rings. The second-order valence-corrected chi connectivity index (χ2v) is 5.69. The van der Waals surface area contributed by atoms with E-state index in [0.717, 1.165) is 12.8 Å². The summed E-state index contributed by atoms with van der Waals surface area (Å²) in [6, 6.07) is 9.72. The Hall–Kier alpha value is -1.35. The summed E-state index contributed by atoms with van der Waals surface area (Å²) < 4.78 is 0. The minimum atomic E-state index is -0.420. The third-order valence-corrected chi connectivity index (χ3v) is 4.01. The molecule has 0 aliphatic rings. The van der Waals surface area contributed by atoms with Gasteiger partial charge in [0, 0.05) is 12.6 Å². The fourth-order valence-corrected chi connectivity index (χ4v) is 1.87. The van der Waals surface area contributed by atoms with Crippen molar-refractivity contribution in [2.75, 3.05) is 7.05 Å². The second kappa shape index (κ2) is 6.71. The van der Waals surface area contributed by atoms with Gasteiger partial charge in [-0.05, 0) is 38.7 Å². The Balaban J connectivity index is 2.54. The van der Waals surface area contributed by atoms with Crippen LogP contribution in [0.25, 0.3) is 0 Å². The molecular formula is C16H26N2O. The van der Waals surface area contributed by atoms with Crippen LogP contribution in [0.15, 0.2) is 30.3 Å². The molecule has 0 bridgehead atoms. The maximum atomic E-state index is 12.3. The first kappa shape index (κ1) is 15.7. The normalized spacial score (nSPS) is 13.1. The van der Waals surface area contributed by atoms with E-state index in [1.54, 1.807) is 4.90 Å². The number of rotatable bonds is 6. The molecule has 3 nitrogen and oxygen atoms in total. The summed E-state index contributed by atoms with van der Waals surface area (Å²) in [5.74, 6) is 0.0304. The van der Waals surface area contributed by atoms with Gasteiger partial charge in [0.05, 0.1) is 6.04 Å². The largest absolute Gasteiger partial charge is 0.339 e. The number of likely N-dealkylation sites (N-methyl/N-ethyl adjacent to an activating group) is 1. The van der Waals surface area contributed by atoms with E-state index in [9.17, 15) is 4.79 Å². The third-order valence-electron chi connectivity index (χ3n) is 4.01. The van der Waals surface area contributed by atoms with Crippen molar-refractivity contribution in [2.45, 2.75) is 51.6 Å². The Morgan fingerprint density at radius 1 is 1.32 bits per heavy atom. The van der Waals surface area contributed by atoms with Crippen molar-refractivity contribution in [1.29, 1.82) is 0 Å². The van der Waals surface area contributed by atoms with Crippen LogP contribution in [0.4, 0.5) is 0 Å². The van der Waals surface area contributed by atoms with Crippen LogP contribution in [-0.4, -0.2) is 29.4 Å². The number of carbonyl (C=O) groups is 1. The molecule has 1 amide bonds. The third kappa shape index (κ3) is 4.35. The lowest BCUT2D eigenvalue weighted by Gasteiger charge is -2.36. The van der Waals surface area contributed by atoms with Crippen LogP contribution in [0, 0.1) is 0 Å². The van der Waals surface area contributed by atoms with Crippen LogP contribution >= 0.6 is 0 Å². The molecule has 1 aromatic rings. The predicted molar refractivity (Wildman–Crippen MR) is 79.9 cm³/mol. The van der Waals surface area contributed by atoms with E-state index in [0.29, 0.717) is 6.42 Å². The van der Waals surface area contributed by atoms with E-state index in [4.69, 9.17) is 5.73 Å². The molecule has 0 heterocycles. The lowest BCUT2D eigenvalue weighted by atomic mass is 9.97. The first-order chi connectivity index (χ1) is 8.88. The molecule has 1 aromatic carbocycles. The highest BCUT2D eigenvalue weighted by Gasteiger charge is 2.28. The molecule has 106 valence electrons. The molecule has 0 unspecified atom stereocenters. The van der Waals surface area contributed by atoms with E-state index >= 15 is 0 Å². The average Bonchev–Trinajstić information content (AvgIpc) is 2.44. The van der Waals surface area contributed by atoms with Crippen molar-refractivity contribution >= 4 is 5.91 Å². The van der Waals surface area contributed by atoms with Gasteiger partial charge >= 0.3 is 0 Å². The number of nitrogens with two attached hydrogens (primary N) is 1. The van der Waals surface area contributed by atoms with Crippen LogP contribution in [0.1, 0.15) is 39.2 Å². The van der Waals surface area contributed by atoms with E-state index in [-0.39, 0.29) is 11.4 Å². The Labute approximate surface area is 116 Å². The van der Waals surface area contributed by atoms with E-state index in [1.165, 1.54) is 5.56 Å². The summed E-state index contributed by atoms with van der Waals surface area (Å²) in [7, 11) is 1.84. The molecule has 2 N–H and O–H groups in total. The van der Waals surface area contributed by atoms with Gasteiger partial charge in [-0.25, -0.2) is 0 Å². The van der Waals surface area contributed by atoms with E-state index in [1.807, 2.05) is 25.2 Å². The zero-order chi connectivity index (χ0) is 14.5. The zero-order valence-electron chi connectivity index (χ0n) is 12.5. The average molecular weight is 262 g/mol. The van der Waals surface area contributed by atoms with Crippen molar-refractivity contribution in [3.63, 3.8) is 0 Å². The summed E-state index contributed by atoms with van der Waals surface area (Å²) in [6.45, 7) is 6.21.